The van der Waals surface area contributed by atoms with Crippen LogP contribution >= 0.6 is 46.6 Å². The van der Waals surface area contributed by atoms with Crippen molar-refractivity contribution in [2.45, 2.75) is 34.7 Å². The fraction of sp³-hybridized carbons (Fsp3) is 0.286. The van der Waals surface area contributed by atoms with E-state index in [2.05, 4.69) is 6.07 Å². The molecule has 0 spiro atoms. The fourth-order valence-electron chi connectivity index (χ4n) is 5.09. The Morgan fingerprint density at radius 2 is 1.86 bits per heavy atom. The topological polar surface area (TPSA) is 110 Å². The number of ether oxygens (including phenoxy) is 1. The largest absolute Gasteiger partial charge is 0.493 e. The number of fused-ring (bicyclic) bond motifs is 1. The minimum Gasteiger partial charge on any atom is -0.493 e. The highest BCUT2D eigenvalue weighted by atomic mass is 35.5. The second kappa shape index (κ2) is 11.9. The lowest BCUT2D eigenvalue weighted by molar-refractivity contribution is 0.0740. The van der Waals surface area contributed by atoms with Crippen molar-refractivity contribution in [3.8, 4) is 11.8 Å². The number of nitrogens with one attached hydrogen (secondary N) is 1. The summed E-state index contributed by atoms with van der Waals surface area (Å²) in [5, 5.41) is 6.52. The molecule has 1 fully saturated rings. The summed E-state index contributed by atoms with van der Waals surface area (Å²) in [6.07, 6.45) is 0.699. The normalized spacial score (nSPS) is 15.0. The second-order valence-electron chi connectivity index (χ2n) is 9.83. The van der Waals surface area contributed by atoms with E-state index in [0.29, 0.717) is 36.3 Å². The first kappa shape index (κ1) is 30.9. The van der Waals surface area contributed by atoms with E-state index in [1.165, 1.54) is 29.0 Å². The Morgan fingerprint density at radius 3 is 2.49 bits per heavy atom. The number of carbonyl (C=O) groups excluding carboxylic acids is 2. The zero-order chi connectivity index (χ0) is 31.2. The van der Waals surface area contributed by atoms with Gasteiger partial charge in [-0.3, -0.25) is 14.5 Å². The molecule has 0 radical (unpaired) electrons. The van der Waals surface area contributed by atoms with Gasteiger partial charge in [0.1, 0.15) is 22.9 Å². The molecule has 3 aromatic rings. The number of aromatic amines is 1. The minimum absolute atomic E-state index is 0.0263. The molecule has 0 unspecified atom stereocenters. The average molecular weight is 669 g/mol. The lowest BCUT2D eigenvalue weighted by Gasteiger charge is -2.34. The first-order valence-corrected chi connectivity index (χ1v) is 14.7. The van der Waals surface area contributed by atoms with E-state index in [4.69, 9.17) is 39.5 Å². The third kappa shape index (κ3) is 5.74. The number of methoxy groups -OCH3 is 1. The summed E-state index contributed by atoms with van der Waals surface area (Å²) < 4.78 is 33.8. The van der Waals surface area contributed by atoms with Crippen LogP contribution in [0.1, 0.15) is 39.2 Å². The van der Waals surface area contributed by atoms with Crippen LogP contribution in [-0.2, 0) is 18.5 Å². The molecule has 224 valence electrons. The number of amides is 3. The van der Waals surface area contributed by atoms with Gasteiger partial charge in [-0.2, -0.15) is 14.0 Å². The van der Waals surface area contributed by atoms with Crippen molar-refractivity contribution >= 4 is 64.2 Å². The number of urea groups is 1. The van der Waals surface area contributed by atoms with Crippen molar-refractivity contribution in [2.24, 2.45) is 0 Å². The molecule has 0 aliphatic carbocycles. The number of rotatable bonds is 6. The molecule has 0 bridgehead atoms. The maximum Gasteiger partial charge on any atom is 0.362 e. The van der Waals surface area contributed by atoms with Crippen LogP contribution in [-0.4, -0.2) is 54.0 Å². The molecule has 1 saturated heterocycles. The van der Waals surface area contributed by atoms with Crippen molar-refractivity contribution in [1.29, 1.82) is 5.26 Å². The molecule has 2 aliphatic rings. The number of aromatic nitrogens is 1. The van der Waals surface area contributed by atoms with Crippen molar-refractivity contribution in [3.63, 3.8) is 0 Å². The number of halogens is 5. The number of hydrogen-bond acceptors (Lipinski definition) is 6. The lowest BCUT2D eigenvalue weighted by atomic mass is 10.0. The van der Waals surface area contributed by atoms with Gasteiger partial charge in [0.05, 0.1) is 22.8 Å². The standard InChI is InChI=1S/C28H22Cl3F2N5O4S/c1-36-7-4-8-38(27(36)41)19-9-14-12-37(13-16(14)15(11-34)23(19)42-2)26(40)22-20(10-21(28(31,32)33)35-25(22)39)43-24-17(29)5-3-6-18(24)30/h3,5-6,9-10H,4,7-8,12-13H2,1-2H3,(H,35,39). The molecule has 15 heteroatoms. The minimum atomic E-state index is -3.93. The molecule has 3 heterocycles. The van der Waals surface area contributed by atoms with Gasteiger partial charge in [0.15, 0.2) is 5.75 Å². The summed E-state index contributed by atoms with van der Waals surface area (Å²) in [6.45, 7) is 0.884. The van der Waals surface area contributed by atoms with Gasteiger partial charge in [-0.25, -0.2) is 4.79 Å². The Hall–Kier alpha value is -3.50. The SMILES string of the molecule is COc1c(N2CCCN(C)C2=O)cc2c(c1C#N)CN(C(=O)c1c(Sc3c(Cl)cccc3Cl)cc(C(F)(F)Cl)[nH]c1=O)C2. The van der Waals surface area contributed by atoms with Crippen LogP contribution in [0.4, 0.5) is 19.3 Å². The molecule has 0 atom stereocenters. The van der Waals surface area contributed by atoms with Gasteiger partial charge in [0.25, 0.3) is 11.5 Å². The average Bonchev–Trinajstić information content (AvgIpc) is 3.38. The molecule has 2 aromatic carbocycles. The number of pyridine rings is 1. The molecule has 0 saturated carbocycles. The van der Waals surface area contributed by atoms with Crippen LogP contribution in [0.3, 0.4) is 0 Å². The number of H-pyrrole nitrogens is 1. The van der Waals surface area contributed by atoms with Gasteiger partial charge < -0.3 is 19.5 Å². The molecule has 1 N–H and O–H groups in total. The summed E-state index contributed by atoms with van der Waals surface area (Å²) in [4.78, 5) is 46.6. The van der Waals surface area contributed by atoms with Crippen molar-refractivity contribution in [1.82, 2.24) is 14.8 Å². The molecule has 9 nitrogen and oxygen atoms in total. The summed E-state index contributed by atoms with van der Waals surface area (Å²) in [5.41, 5.74) is -0.844. The predicted octanol–water partition coefficient (Wildman–Crippen LogP) is 6.42. The van der Waals surface area contributed by atoms with Crippen LogP contribution < -0.4 is 15.2 Å². The number of anilines is 1. The van der Waals surface area contributed by atoms with Crippen molar-refractivity contribution in [3.05, 3.63) is 78.7 Å². The van der Waals surface area contributed by atoms with E-state index in [-0.39, 0.29) is 50.3 Å². The molecule has 5 rings (SSSR count). The van der Waals surface area contributed by atoms with Gasteiger partial charge >= 0.3 is 11.4 Å². The summed E-state index contributed by atoms with van der Waals surface area (Å²) in [5.74, 6) is -0.596. The third-order valence-corrected chi connectivity index (χ3v) is 9.39. The smallest absolute Gasteiger partial charge is 0.362 e. The zero-order valence-electron chi connectivity index (χ0n) is 22.6. The Balaban J connectivity index is 1.58. The number of hydrogen-bond donors (Lipinski definition) is 1. The van der Waals surface area contributed by atoms with Gasteiger partial charge in [-0.15, -0.1) is 0 Å². The molecule has 1 aromatic heterocycles. The van der Waals surface area contributed by atoms with E-state index in [0.717, 1.165) is 17.8 Å². The molecular weight excluding hydrogens is 647 g/mol. The van der Waals surface area contributed by atoms with E-state index in [1.807, 2.05) is 4.98 Å². The van der Waals surface area contributed by atoms with Crippen LogP contribution in [0, 0.1) is 11.3 Å². The van der Waals surface area contributed by atoms with Crippen molar-refractivity contribution in [2.75, 3.05) is 32.1 Å². The molecule has 3 amide bonds. The fourth-order valence-corrected chi connectivity index (χ4v) is 6.83. The highest BCUT2D eigenvalue weighted by molar-refractivity contribution is 7.99. The van der Waals surface area contributed by atoms with E-state index in [1.54, 1.807) is 24.1 Å². The Morgan fingerprint density at radius 1 is 1.16 bits per heavy atom. The third-order valence-electron chi connectivity index (χ3n) is 7.14. The lowest BCUT2D eigenvalue weighted by Crippen LogP contribution is -2.47. The maximum atomic E-state index is 14.1. The number of nitrogens with zero attached hydrogens (tertiary/aromatic N) is 4. The van der Waals surface area contributed by atoms with E-state index in [9.17, 15) is 28.4 Å². The molecule has 2 aliphatic heterocycles. The van der Waals surface area contributed by atoms with Gasteiger partial charge in [0.2, 0.25) is 0 Å². The Labute approximate surface area is 263 Å². The van der Waals surface area contributed by atoms with Crippen LogP contribution in [0.25, 0.3) is 0 Å². The van der Waals surface area contributed by atoms with Crippen LogP contribution in [0.2, 0.25) is 10.0 Å². The number of alkyl halides is 3. The highest BCUT2D eigenvalue weighted by Gasteiger charge is 2.37. The zero-order valence-corrected chi connectivity index (χ0v) is 25.7. The summed E-state index contributed by atoms with van der Waals surface area (Å²) in [6, 6.07) is 9.11. The van der Waals surface area contributed by atoms with E-state index < -0.39 is 28.1 Å². The highest BCUT2D eigenvalue weighted by Crippen LogP contribution is 2.44. The quantitative estimate of drug-likeness (QED) is 0.304. The van der Waals surface area contributed by atoms with Crippen LogP contribution in [0.5, 0.6) is 5.75 Å². The Kier molecular flexibility index (Phi) is 8.55. The summed E-state index contributed by atoms with van der Waals surface area (Å²) in [7, 11) is 3.06. The summed E-state index contributed by atoms with van der Waals surface area (Å²) >= 11 is 18.6. The predicted molar refractivity (Wildman–Crippen MR) is 159 cm³/mol. The van der Waals surface area contributed by atoms with Gasteiger partial charge in [-0.05, 0) is 53.4 Å². The molecular formula is C28H22Cl3F2N5O4S. The van der Waals surface area contributed by atoms with Crippen molar-refractivity contribution < 1.29 is 23.1 Å². The number of benzene rings is 2. The van der Waals surface area contributed by atoms with Gasteiger partial charge in [-0.1, -0.05) is 41.0 Å². The number of carbonyl (C=O) groups is 2. The number of nitriles is 1. The van der Waals surface area contributed by atoms with Gasteiger partial charge in [0, 0.05) is 43.0 Å². The van der Waals surface area contributed by atoms with E-state index >= 15 is 0 Å². The first-order chi connectivity index (χ1) is 20.3. The first-order valence-electron chi connectivity index (χ1n) is 12.8. The van der Waals surface area contributed by atoms with Crippen LogP contribution in [0.15, 0.2) is 44.9 Å². The monoisotopic (exact) mass is 667 g/mol. The molecule has 43 heavy (non-hydrogen) atoms. The maximum absolute atomic E-state index is 14.1. The second-order valence-corrected chi connectivity index (χ2v) is 12.2. The Bertz CT molecular complexity index is 1740.